The van der Waals surface area contributed by atoms with Gasteiger partial charge in [0.05, 0.1) is 6.10 Å². The van der Waals surface area contributed by atoms with Crippen LogP contribution in [-0.2, 0) is 6.18 Å². The molecule has 0 saturated heterocycles. The third-order valence-corrected chi connectivity index (χ3v) is 3.86. The van der Waals surface area contributed by atoms with Crippen molar-refractivity contribution in [2.24, 2.45) is 0 Å². The number of anilines is 4. The van der Waals surface area contributed by atoms with Crippen LogP contribution in [-0.4, -0.2) is 16.1 Å². The molecule has 29 heavy (non-hydrogen) atoms. The molecule has 8 heteroatoms. The average molecular weight is 402 g/mol. The second kappa shape index (κ2) is 8.38. The van der Waals surface area contributed by atoms with Crippen molar-refractivity contribution < 1.29 is 17.9 Å². The quantitative estimate of drug-likeness (QED) is 0.523. The van der Waals surface area contributed by atoms with Crippen molar-refractivity contribution in [3.63, 3.8) is 0 Å². The van der Waals surface area contributed by atoms with E-state index >= 15 is 0 Å². The number of benzene rings is 2. The first-order chi connectivity index (χ1) is 13.7. The Balaban J connectivity index is 1.86. The van der Waals surface area contributed by atoms with E-state index in [0.29, 0.717) is 17.1 Å². The summed E-state index contributed by atoms with van der Waals surface area (Å²) in [7, 11) is 0. The van der Waals surface area contributed by atoms with Crippen LogP contribution in [0.3, 0.4) is 0 Å². The Morgan fingerprint density at radius 3 is 2.31 bits per heavy atom. The lowest BCUT2D eigenvalue weighted by Crippen LogP contribution is -2.12. The van der Waals surface area contributed by atoms with Crippen molar-refractivity contribution in [1.29, 1.82) is 0 Å². The summed E-state index contributed by atoms with van der Waals surface area (Å²) in [5, 5.41) is 5.66. The number of rotatable bonds is 6. The van der Waals surface area contributed by atoms with Crippen LogP contribution < -0.4 is 15.4 Å². The maximum atomic E-state index is 13.4. The zero-order chi connectivity index (χ0) is 21.0. The van der Waals surface area contributed by atoms with Gasteiger partial charge in [-0.3, -0.25) is 0 Å². The standard InChI is InChI=1S/C21H21F3N4O/c1-13(2)29-17-9-7-15(8-10-17)27-20-25-12-18(21(22,23)24)19(28-20)26-16-6-4-5-14(3)11-16/h4-13H,1-3H3,(H2,25,26,27,28). The average Bonchev–Trinajstić information content (AvgIpc) is 2.62. The van der Waals surface area contributed by atoms with Gasteiger partial charge < -0.3 is 15.4 Å². The molecule has 0 saturated carbocycles. The fourth-order valence-corrected chi connectivity index (χ4v) is 2.62. The largest absolute Gasteiger partial charge is 0.491 e. The number of alkyl halides is 3. The van der Waals surface area contributed by atoms with Gasteiger partial charge in [0, 0.05) is 17.6 Å². The molecule has 0 unspecified atom stereocenters. The molecular weight excluding hydrogens is 381 g/mol. The molecule has 1 aromatic heterocycles. The monoisotopic (exact) mass is 402 g/mol. The predicted molar refractivity (Wildman–Crippen MR) is 107 cm³/mol. The van der Waals surface area contributed by atoms with Crippen LogP contribution in [0.25, 0.3) is 0 Å². The fraction of sp³-hybridized carbons (Fsp3) is 0.238. The number of aromatic nitrogens is 2. The lowest BCUT2D eigenvalue weighted by molar-refractivity contribution is -0.137. The van der Waals surface area contributed by atoms with Crippen molar-refractivity contribution >= 4 is 23.1 Å². The number of halogens is 3. The Hall–Kier alpha value is -3.29. The highest BCUT2D eigenvalue weighted by Gasteiger charge is 2.35. The molecule has 0 spiro atoms. The number of nitrogens with zero attached hydrogens (tertiary/aromatic N) is 2. The van der Waals surface area contributed by atoms with Crippen LogP contribution in [0.15, 0.2) is 54.7 Å². The zero-order valence-electron chi connectivity index (χ0n) is 16.2. The van der Waals surface area contributed by atoms with Gasteiger partial charge in [0.15, 0.2) is 0 Å². The Bertz CT molecular complexity index is 972. The van der Waals surface area contributed by atoms with Gasteiger partial charge in [0.25, 0.3) is 0 Å². The fourth-order valence-electron chi connectivity index (χ4n) is 2.62. The van der Waals surface area contributed by atoms with E-state index in [-0.39, 0.29) is 17.9 Å². The summed E-state index contributed by atoms with van der Waals surface area (Å²) < 4.78 is 45.7. The summed E-state index contributed by atoms with van der Waals surface area (Å²) in [6, 6.07) is 14.0. The number of nitrogens with one attached hydrogen (secondary N) is 2. The second-order valence-electron chi connectivity index (χ2n) is 6.76. The summed E-state index contributed by atoms with van der Waals surface area (Å²) in [4.78, 5) is 7.86. The van der Waals surface area contributed by atoms with Gasteiger partial charge in [-0.05, 0) is 62.7 Å². The molecule has 2 N–H and O–H groups in total. The van der Waals surface area contributed by atoms with Crippen molar-refractivity contribution in [3.8, 4) is 5.75 Å². The van der Waals surface area contributed by atoms with E-state index in [9.17, 15) is 13.2 Å². The van der Waals surface area contributed by atoms with E-state index < -0.39 is 11.7 Å². The molecular formula is C21H21F3N4O. The topological polar surface area (TPSA) is 59.1 Å². The number of ether oxygens (including phenoxy) is 1. The van der Waals surface area contributed by atoms with E-state index in [1.54, 1.807) is 42.5 Å². The van der Waals surface area contributed by atoms with Crippen LogP contribution in [0.4, 0.5) is 36.3 Å². The highest BCUT2D eigenvalue weighted by atomic mass is 19.4. The van der Waals surface area contributed by atoms with Gasteiger partial charge in [0.2, 0.25) is 5.95 Å². The van der Waals surface area contributed by atoms with Crippen LogP contribution in [0.1, 0.15) is 25.0 Å². The Morgan fingerprint density at radius 2 is 1.69 bits per heavy atom. The number of hydrogen-bond acceptors (Lipinski definition) is 5. The molecule has 152 valence electrons. The third kappa shape index (κ3) is 5.60. The molecule has 0 amide bonds. The molecule has 2 aromatic carbocycles. The maximum Gasteiger partial charge on any atom is 0.421 e. The minimum Gasteiger partial charge on any atom is -0.491 e. The van der Waals surface area contributed by atoms with Crippen molar-refractivity contribution in [2.75, 3.05) is 10.6 Å². The summed E-state index contributed by atoms with van der Waals surface area (Å²) in [6.45, 7) is 5.70. The molecule has 0 aliphatic rings. The molecule has 0 aliphatic carbocycles. The van der Waals surface area contributed by atoms with Crippen molar-refractivity contribution in [1.82, 2.24) is 9.97 Å². The van der Waals surface area contributed by atoms with Gasteiger partial charge in [-0.1, -0.05) is 12.1 Å². The molecule has 5 nitrogen and oxygen atoms in total. The molecule has 0 atom stereocenters. The summed E-state index contributed by atoms with van der Waals surface area (Å²) >= 11 is 0. The lowest BCUT2D eigenvalue weighted by Gasteiger charge is -2.15. The molecule has 0 aliphatic heterocycles. The SMILES string of the molecule is Cc1cccc(Nc2nc(Nc3ccc(OC(C)C)cc3)ncc2C(F)(F)F)c1. The summed E-state index contributed by atoms with van der Waals surface area (Å²) in [5.74, 6) is 0.423. The molecule has 0 radical (unpaired) electrons. The highest BCUT2D eigenvalue weighted by Crippen LogP contribution is 2.35. The molecule has 0 fully saturated rings. The summed E-state index contributed by atoms with van der Waals surface area (Å²) in [6.07, 6.45) is -3.77. The van der Waals surface area contributed by atoms with Crippen LogP contribution >= 0.6 is 0 Å². The first-order valence-corrected chi connectivity index (χ1v) is 9.02. The van der Waals surface area contributed by atoms with E-state index in [1.807, 2.05) is 26.8 Å². The maximum absolute atomic E-state index is 13.4. The van der Waals surface area contributed by atoms with E-state index in [1.165, 1.54) is 0 Å². The second-order valence-corrected chi connectivity index (χ2v) is 6.76. The normalized spacial score (nSPS) is 11.4. The van der Waals surface area contributed by atoms with E-state index in [2.05, 4.69) is 20.6 Å². The van der Waals surface area contributed by atoms with E-state index in [4.69, 9.17) is 4.74 Å². The van der Waals surface area contributed by atoms with Crippen molar-refractivity contribution in [3.05, 3.63) is 65.9 Å². The molecule has 1 heterocycles. The number of hydrogen-bond donors (Lipinski definition) is 2. The van der Waals surface area contributed by atoms with Gasteiger partial charge >= 0.3 is 6.18 Å². The van der Waals surface area contributed by atoms with Crippen LogP contribution in [0.5, 0.6) is 5.75 Å². The van der Waals surface area contributed by atoms with Crippen molar-refractivity contribution in [2.45, 2.75) is 33.1 Å². The predicted octanol–water partition coefficient (Wildman–Crippen LogP) is 6.08. The smallest absolute Gasteiger partial charge is 0.421 e. The minimum atomic E-state index is -4.58. The minimum absolute atomic E-state index is 0.0438. The molecule has 3 rings (SSSR count). The highest BCUT2D eigenvalue weighted by molar-refractivity contribution is 5.63. The Labute approximate surface area is 167 Å². The van der Waals surface area contributed by atoms with Gasteiger partial charge in [-0.2, -0.15) is 18.2 Å². The molecule has 3 aromatic rings. The van der Waals surface area contributed by atoms with Crippen LogP contribution in [0, 0.1) is 6.92 Å². The van der Waals surface area contributed by atoms with Crippen LogP contribution in [0.2, 0.25) is 0 Å². The van der Waals surface area contributed by atoms with Gasteiger partial charge in [0.1, 0.15) is 17.1 Å². The number of aryl methyl sites for hydroxylation is 1. The zero-order valence-corrected chi connectivity index (χ0v) is 16.2. The first kappa shape index (κ1) is 20.4. The van der Waals surface area contributed by atoms with E-state index in [0.717, 1.165) is 11.8 Å². The Kier molecular flexibility index (Phi) is 5.91. The van der Waals surface area contributed by atoms with Gasteiger partial charge in [-0.25, -0.2) is 4.98 Å². The lowest BCUT2D eigenvalue weighted by atomic mass is 10.2. The van der Waals surface area contributed by atoms with Gasteiger partial charge in [-0.15, -0.1) is 0 Å². The molecule has 0 bridgehead atoms. The third-order valence-electron chi connectivity index (χ3n) is 3.86. The Morgan fingerprint density at radius 1 is 0.966 bits per heavy atom. The summed E-state index contributed by atoms with van der Waals surface area (Å²) in [5.41, 5.74) is 1.11. The first-order valence-electron chi connectivity index (χ1n) is 9.02.